The predicted molar refractivity (Wildman–Crippen MR) is 116 cm³/mol. The minimum atomic E-state index is -1.09. The third-order valence-electron chi connectivity index (χ3n) is 4.66. The average molecular weight is 395 g/mol. The fourth-order valence-corrected chi connectivity index (χ4v) is 2.99. The van der Waals surface area contributed by atoms with Gasteiger partial charge in [0.15, 0.2) is 0 Å². The van der Waals surface area contributed by atoms with Crippen LogP contribution in [0.1, 0.15) is 23.6 Å². The summed E-state index contributed by atoms with van der Waals surface area (Å²) in [7, 11) is 6.05. The Morgan fingerprint density at radius 3 is 2.48 bits per heavy atom. The molecule has 154 valence electrons. The van der Waals surface area contributed by atoms with Crippen LogP contribution in [0.25, 0.3) is 0 Å². The second-order valence-electron chi connectivity index (χ2n) is 7.53. The molecule has 5 heteroatoms. The highest BCUT2D eigenvalue weighted by atomic mass is 16.5. The highest BCUT2D eigenvalue weighted by molar-refractivity contribution is 5.86. The maximum atomic E-state index is 10.5. The third-order valence-corrected chi connectivity index (χ3v) is 4.66. The van der Waals surface area contributed by atoms with E-state index < -0.39 is 5.97 Å². The van der Waals surface area contributed by atoms with Crippen molar-refractivity contribution in [3.8, 4) is 17.6 Å². The molecular formula is C24H30N2O3. The summed E-state index contributed by atoms with van der Waals surface area (Å²) in [5.41, 5.74) is 3.52. The molecule has 0 amide bonds. The van der Waals surface area contributed by atoms with E-state index in [1.54, 1.807) is 0 Å². The minimum absolute atomic E-state index is 0.237. The first-order chi connectivity index (χ1) is 13.8. The molecule has 0 aliphatic heterocycles. The molecule has 0 bridgehead atoms. The van der Waals surface area contributed by atoms with Crippen molar-refractivity contribution in [2.45, 2.75) is 32.5 Å². The number of hydrogen-bond acceptors (Lipinski definition) is 4. The molecule has 1 N–H and O–H groups in total. The zero-order valence-corrected chi connectivity index (χ0v) is 17.7. The molecule has 0 heterocycles. The molecule has 0 fully saturated rings. The van der Waals surface area contributed by atoms with Crippen LogP contribution in [0.2, 0.25) is 0 Å². The van der Waals surface area contributed by atoms with Gasteiger partial charge >= 0.3 is 5.97 Å². The molecule has 2 aromatic rings. The maximum absolute atomic E-state index is 10.5. The molecule has 0 aliphatic carbocycles. The van der Waals surface area contributed by atoms with Crippen molar-refractivity contribution in [1.29, 1.82) is 0 Å². The molecule has 5 nitrogen and oxygen atoms in total. The fraction of sp³-hybridized carbons (Fsp3) is 0.375. The molecule has 0 radical (unpaired) electrons. The van der Waals surface area contributed by atoms with E-state index in [2.05, 4.69) is 52.8 Å². The number of carboxylic acid groups (broad SMARTS) is 1. The number of ether oxygens (including phenoxy) is 1. The Kier molecular flexibility index (Phi) is 8.72. The lowest BCUT2D eigenvalue weighted by molar-refractivity contribution is -0.130. The lowest BCUT2D eigenvalue weighted by Gasteiger charge is -2.23. The summed E-state index contributed by atoms with van der Waals surface area (Å²) in [4.78, 5) is 14.7. The highest BCUT2D eigenvalue weighted by Gasteiger charge is 2.12. The van der Waals surface area contributed by atoms with Gasteiger partial charge in [-0.15, -0.1) is 0 Å². The number of benzene rings is 2. The number of aliphatic carboxylic acids is 1. The minimum Gasteiger partial charge on any atom is -0.489 e. The van der Waals surface area contributed by atoms with E-state index in [-0.39, 0.29) is 6.04 Å². The monoisotopic (exact) mass is 394 g/mol. The first-order valence-corrected chi connectivity index (χ1v) is 9.70. The smallest absolute Gasteiger partial charge is 0.381 e. The van der Waals surface area contributed by atoms with Gasteiger partial charge in [0.1, 0.15) is 12.4 Å². The lowest BCUT2D eigenvalue weighted by atomic mass is 10.0. The molecule has 29 heavy (non-hydrogen) atoms. The normalized spacial score (nSPS) is 11.8. The van der Waals surface area contributed by atoms with Gasteiger partial charge in [0.2, 0.25) is 0 Å². The first kappa shape index (κ1) is 22.5. The van der Waals surface area contributed by atoms with Crippen LogP contribution >= 0.6 is 0 Å². The largest absolute Gasteiger partial charge is 0.489 e. The van der Waals surface area contributed by atoms with E-state index in [4.69, 9.17) is 9.84 Å². The predicted octanol–water partition coefficient (Wildman–Crippen LogP) is 3.28. The van der Waals surface area contributed by atoms with Crippen LogP contribution < -0.4 is 4.74 Å². The Balaban J connectivity index is 2.07. The molecule has 0 saturated heterocycles. The van der Waals surface area contributed by atoms with Gasteiger partial charge < -0.3 is 14.7 Å². The van der Waals surface area contributed by atoms with Crippen molar-refractivity contribution >= 4 is 5.97 Å². The zero-order valence-electron chi connectivity index (χ0n) is 17.7. The Morgan fingerprint density at radius 2 is 1.83 bits per heavy atom. The van der Waals surface area contributed by atoms with Crippen molar-refractivity contribution in [3.63, 3.8) is 0 Å². The van der Waals surface area contributed by atoms with Crippen LogP contribution in [0.4, 0.5) is 0 Å². The highest BCUT2D eigenvalue weighted by Crippen LogP contribution is 2.24. The van der Waals surface area contributed by atoms with E-state index >= 15 is 0 Å². The van der Waals surface area contributed by atoms with E-state index in [0.29, 0.717) is 13.2 Å². The van der Waals surface area contributed by atoms with Crippen molar-refractivity contribution < 1.29 is 14.6 Å². The second-order valence-corrected chi connectivity index (χ2v) is 7.53. The van der Waals surface area contributed by atoms with Crippen LogP contribution in [0.15, 0.2) is 48.5 Å². The van der Waals surface area contributed by atoms with Gasteiger partial charge in [-0.3, -0.25) is 4.90 Å². The van der Waals surface area contributed by atoms with Gasteiger partial charge in [0.25, 0.3) is 0 Å². The Hall–Kier alpha value is -2.81. The van der Waals surface area contributed by atoms with E-state index in [9.17, 15) is 4.79 Å². The fourth-order valence-electron chi connectivity index (χ4n) is 2.99. The molecule has 1 atom stereocenters. The molecule has 0 unspecified atom stereocenters. The summed E-state index contributed by atoms with van der Waals surface area (Å²) < 4.78 is 6.10. The lowest BCUT2D eigenvalue weighted by Crippen LogP contribution is -2.31. The second kappa shape index (κ2) is 11.3. The number of carbonyl (C=O) groups is 1. The van der Waals surface area contributed by atoms with E-state index in [1.807, 2.05) is 45.4 Å². The van der Waals surface area contributed by atoms with Crippen molar-refractivity contribution in [1.82, 2.24) is 9.80 Å². The van der Waals surface area contributed by atoms with Crippen molar-refractivity contribution in [2.75, 3.05) is 27.7 Å². The van der Waals surface area contributed by atoms with Gasteiger partial charge in [-0.2, -0.15) is 0 Å². The summed E-state index contributed by atoms with van der Waals surface area (Å²) in [6, 6.07) is 16.7. The summed E-state index contributed by atoms with van der Waals surface area (Å²) in [5.74, 6) is 4.65. The molecule has 0 spiro atoms. The van der Waals surface area contributed by atoms with Gasteiger partial charge in [-0.05, 0) is 51.7 Å². The number of hydrogen-bond donors (Lipinski definition) is 1. The molecule has 0 aliphatic rings. The van der Waals surface area contributed by atoms with Gasteiger partial charge in [0, 0.05) is 24.1 Å². The molecular weight excluding hydrogens is 364 g/mol. The summed E-state index contributed by atoms with van der Waals surface area (Å²) in [6.07, 6.45) is 0.852. The maximum Gasteiger partial charge on any atom is 0.381 e. The third kappa shape index (κ3) is 7.98. The Bertz CT molecular complexity index is 853. The average Bonchev–Trinajstić information content (AvgIpc) is 2.67. The van der Waals surface area contributed by atoms with Crippen LogP contribution in [0.3, 0.4) is 0 Å². The number of rotatable bonds is 9. The van der Waals surface area contributed by atoms with Crippen molar-refractivity contribution in [2.24, 2.45) is 0 Å². The Morgan fingerprint density at radius 1 is 1.10 bits per heavy atom. The summed E-state index contributed by atoms with van der Waals surface area (Å²) in [6.45, 7) is 3.89. The van der Waals surface area contributed by atoms with Gasteiger partial charge in [-0.1, -0.05) is 48.4 Å². The molecule has 0 saturated carbocycles. The topological polar surface area (TPSA) is 53.0 Å². The zero-order chi connectivity index (χ0) is 21.2. The number of carboxylic acids is 1. The van der Waals surface area contributed by atoms with Crippen LogP contribution in [0, 0.1) is 11.8 Å². The Labute approximate surface area is 173 Å². The SMILES string of the molecule is C[C@H](Cc1ccc(OCc2ccccc2)c(CN(C)C)c1)N(C)CC#CC(=O)O. The molecule has 2 aromatic carbocycles. The quantitative estimate of drug-likeness (QED) is 0.662. The summed E-state index contributed by atoms with van der Waals surface area (Å²) in [5, 5.41) is 8.64. The summed E-state index contributed by atoms with van der Waals surface area (Å²) >= 11 is 0. The van der Waals surface area contributed by atoms with Crippen LogP contribution in [-0.2, 0) is 24.4 Å². The number of nitrogens with zero attached hydrogens (tertiary/aromatic N) is 2. The van der Waals surface area contributed by atoms with E-state index in [0.717, 1.165) is 29.8 Å². The van der Waals surface area contributed by atoms with Crippen molar-refractivity contribution in [3.05, 3.63) is 65.2 Å². The van der Waals surface area contributed by atoms with Gasteiger partial charge in [0.05, 0.1) is 6.54 Å². The van der Waals surface area contributed by atoms with Gasteiger partial charge in [-0.25, -0.2) is 4.79 Å². The van der Waals surface area contributed by atoms with E-state index in [1.165, 1.54) is 5.56 Å². The van der Waals surface area contributed by atoms with Crippen LogP contribution in [-0.4, -0.2) is 54.6 Å². The van der Waals surface area contributed by atoms with Crippen LogP contribution in [0.5, 0.6) is 5.75 Å². The molecule has 0 aromatic heterocycles. The first-order valence-electron chi connectivity index (χ1n) is 9.70. The molecule has 2 rings (SSSR count). The standard InChI is InChI=1S/C24H30N2O3/c1-19(26(4)14-8-11-24(27)28)15-21-12-13-23(22(16-21)17-25(2)3)29-18-20-9-6-5-7-10-20/h5-7,9-10,12-13,16,19H,14-15,17-18H2,1-4H3,(H,27,28)/t19-/m1/s1. The number of likely N-dealkylation sites (N-methyl/N-ethyl adjacent to an activating group) is 1.